The van der Waals surface area contributed by atoms with Gasteiger partial charge in [0.2, 0.25) is 5.09 Å². The lowest BCUT2D eigenvalue weighted by atomic mass is 9.91. The maximum atomic E-state index is 12.8. The smallest absolute Gasteiger partial charge is 0.332 e. The minimum absolute atomic E-state index is 0.195. The standard InChI is InChI=1S/C22H29N3O4S/c1-13(14-7-8-14)17-10-9-15-5-4-6-18(15)20(17)24-21(26)25-30(23,28)19-11-16(12-29-19)22(2,3)27/h9-14,27H,4-8H2,1-3H3,(H3,23,24,25,26,28)/t13-,30+/m1/s1. The van der Waals surface area contributed by atoms with Crippen LogP contribution >= 0.6 is 0 Å². The van der Waals surface area contributed by atoms with Crippen molar-refractivity contribution in [3.05, 3.63) is 46.7 Å². The van der Waals surface area contributed by atoms with Crippen molar-refractivity contribution in [3.63, 3.8) is 0 Å². The molecule has 2 amide bonds. The molecule has 0 spiro atoms. The van der Waals surface area contributed by atoms with Crippen molar-refractivity contribution in [1.82, 2.24) is 4.72 Å². The first-order valence-electron chi connectivity index (χ1n) is 10.4. The quantitative estimate of drug-likeness (QED) is 0.533. The van der Waals surface area contributed by atoms with Gasteiger partial charge in [-0.25, -0.2) is 18.5 Å². The first-order chi connectivity index (χ1) is 14.1. The van der Waals surface area contributed by atoms with Crippen LogP contribution in [0.4, 0.5) is 10.5 Å². The maximum absolute atomic E-state index is 12.8. The maximum Gasteiger partial charge on any atom is 0.332 e. The zero-order valence-electron chi connectivity index (χ0n) is 17.6. The zero-order chi connectivity index (χ0) is 21.7. The van der Waals surface area contributed by atoms with Crippen molar-refractivity contribution >= 4 is 21.6 Å². The summed E-state index contributed by atoms with van der Waals surface area (Å²) in [6.07, 6.45) is 6.60. The fourth-order valence-electron chi connectivity index (χ4n) is 4.17. The number of furan rings is 1. The summed E-state index contributed by atoms with van der Waals surface area (Å²) in [5.74, 6) is 0.975. The minimum Gasteiger partial charge on any atom is -0.452 e. The highest BCUT2D eigenvalue weighted by Crippen LogP contribution is 2.46. The molecule has 0 unspecified atom stereocenters. The second kappa shape index (κ2) is 7.42. The van der Waals surface area contributed by atoms with E-state index in [9.17, 15) is 14.1 Å². The molecule has 2 aromatic rings. The summed E-state index contributed by atoms with van der Waals surface area (Å²) in [7, 11) is -3.71. The van der Waals surface area contributed by atoms with E-state index < -0.39 is 21.5 Å². The number of fused-ring (bicyclic) bond motifs is 1. The molecule has 0 radical (unpaired) electrons. The molecule has 1 fully saturated rings. The number of carbonyl (C=O) groups excluding carboxylic acids is 1. The number of aliphatic hydroxyl groups is 1. The number of nitrogens with one attached hydrogen (secondary N) is 3. The Balaban J connectivity index is 1.57. The number of benzene rings is 1. The van der Waals surface area contributed by atoms with Crippen LogP contribution in [0.1, 0.15) is 68.2 Å². The molecule has 2 aliphatic carbocycles. The fraction of sp³-hybridized carbons (Fsp3) is 0.500. The van der Waals surface area contributed by atoms with E-state index in [1.165, 1.54) is 30.7 Å². The van der Waals surface area contributed by atoms with E-state index in [0.29, 0.717) is 17.4 Å². The van der Waals surface area contributed by atoms with Crippen LogP contribution < -0.4 is 10.0 Å². The van der Waals surface area contributed by atoms with Gasteiger partial charge in [-0.05, 0) is 74.5 Å². The van der Waals surface area contributed by atoms with E-state index in [-0.39, 0.29) is 5.09 Å². The Labute approximate surface area is 177 Å². The molecular formula is C22H29N3O4S. The topological polar surface area (TPSA) is 115 Å². The molecule has 4 rings (SSSR count). The number of rotatable bonds is 6. The predicted molar refractivity (Wildman–Crippen MR) is 115 cm³/mol. The number of aryl methyl sites for hydroxylation is 1. The highest BCUT2D eigenvalue weighted by molar-refractivity contribution is 7.91. The average molecular weight is 432 g/mol. The van der Waals surface area contributed by atoms with Gasteiger partial charge < -0.3 is 14.8 Å². The average Bonchev–Trinajstić information content (AvgIpc) is 3.16. The Bertz CT molecular complexity index is 1080. The SMILES string of the molecule is C[C@@H](c1ccc2c(c1NC(=O)N[S@](=N)(=O)c1cc(C(C)(C)O)co1)CCC2)C1CC1. The molecule has 1 aromatic heterocycles. The molecular weight excluding hydrogens is 402 g/mol. The minimum atomic E-state index is -3.71. The van der Waals surface area contributed by atoms with Crippen LogP contribution in [-0.2, 0) is 28.4 Å². The zero-order valence-corrected chi connectivity index (χ0v) is 18.4. The molecule has 30 heavy (non-hydrogen) atoms. The van der Waals surface area contributed by atoms with E-state index in [2.05, 4.69) is 29.1 Å². The first kappa shape index (κ1) is 20.9. The number of hydrogen-bond donors (Lipinski definition) is 4. The molecule has 0 aliphatic heterocycles. The second-order valence-corrected chi connectivity index (χ2v) is 10.7. The molecule has 162 valence electrons. The van der Waals surface area contributed by atoms with Crippen LogP contribution in [0.3, 0.4) is 0 Å². The van der Waals surface area contributed by atoms with Crippen LogP contribution in [0.15, 0.2) is 34.0 Å². The highest BCUT2D eigenvalue weighted by Gasteiger charge is 2.32. The monoisotopic (exact) mass is 431 g/mol. The fourth-order valence-corrected chi connectivity index (χ4v) is 5.06. The Hall–Kier alpha value is -2.32. The summed E-state index contributed by atoms with van der Waals surface area (Å²) in [5, 5.41) is 12.8. The molecule has 4 N–H and O–H groups in total. The van der Waals surface area contributed by atoms with Crippen LogP contribution in [0.5, 0.6) is 0 Å². The molecule has 2 aliphatic rings. The van der Waals surface area contributed by atoms with Gasteiger partial charge in [-0.3, -0.25) is 0 Å². The van der Waals surface area contributed by atoms with Gasteiger partial charge in [-0.2, -0.15) is 0 Å². The summed E-state index contributed by atoms with van der Waals surface area (Å²) in [5.41, 5.74) is 3.48. The van der Waals surface area contributed by atoms with Gasteiger partial charge in [-0.1, -0.05) is 19.1 Å². The van der Waals surface area contributed by atoms with Crippen LogP contribution in [0.25, 0.3) is 0 Å². The van der Waals surface area contributed by atoms with Gasteiger partial charge in [-0.15, -0.1) is 0 Å². The molecule has 1 heterocycles. The Kier molecular flexibility index (Phi) is 5.18. The van der Waals surface area contributed by atoms with Crippen LogP contribution in [0, 0.1) is 10.7 Å². The van der Waals surface area contributed by atoms with Gasteiger partial charge in [0.25, 0.3) is 0 Å². The molecule has 0 saturated heterocycles. The molecule has 1 saturated carbocycles. The third kappa shape index (κ3) is 4.11. The van der Waals surface area contributed by atoms with Crippen molar-refractivity contribution in [1.29, 1.82) is 4.78 Å². The highest BCUT2D eigenvalue weighted by atomic mass is 32.2. The lowest BCUT2D eigenvalue weighted by molar-refractivity contribution is 0.0779. The van der Waals surface area contributed by atoms with Crippen LogP contribution in [0.2, 0.25) is 0 Å². The lowest BCUT2D eigenvalue weighted by Gasteiger charge is -2.20. The molecule has 2 atom stereocenters. The van der Waals surface area contributed by atoms with Gasteiger partial charge in [0.15, 0.2) is 9.92 Å². The summed E-state index contributed by atoms with van der Waals surface area (Å²) in [4.78, 5) is 12.8. The molecule has 0 bridgehead atoms. The largest absolute Gasteiger partial charge is 0.452 e. The Morgan fingerprint density at radius 3 is 2.70 bits per heavy atom. The molecule has 7 nitrogen and oxygen atoms in total. The number of hydrogen-bond acceptors (Lipinski definition) is 5. The van der Waals surface area contributed by atoms with Crippen molar-refractivity contribution < 1.29 is 18.5 Å². The first-order valence-corrected chi connectivity index (χ1v) is 12.0. The summed E-state index contributed by atoms with van der Waals surface area (Å²) >= 11 is 0. The van der Waals surface area contributed by atoms with E-state index in [1.807, 2.05) is 0 Å². The molecule has 8 heteroatoms. The van der Waals surface area contributed by atoms with E-state index >= 15 is 0 Å². The number of urea groups is 1. The van der Waals surface area contributed by atoms with Crippen LogP contribution in [-0.4, -0.2) is 15.3 Å². The van der Waals surface area contributed by atoms with E-state index in [1.54, 1.807) is 13.8 Å². The number of carbonyl (C=O) groups is 1. The van der Waals surface area contributed by atoms with Gasteiger partial charge in [0.1, 0.15) is 0 Å². The Morgan fingerprint density at radius 1 is 1.33 bits per heavy atom. The lowest BCUT2D eigenvalue weighted by Crippen LogP contribution is -2.34. The number of anilines is 1. The van der Waals surface area contributed by atoms with Crippen molar-refractivity contribution in [2.75, 3.05) is 5.32 Å². The van der Waals surface area contributed by atoms with Crippen molar-refractivity contribution in [2.45, 2.75) is 69.5 Å². The normalized spacial score (nSPS) is 19.1. The van der Waals surface area contributed by atoms with Gasteiger partial charge >= 0.3 is 6.03 Å². The summed E-state index contributed by atoms with van der Waals surface area (Å²) in [6, 6.07) is 4.91. The third-order valence-electron chi connectivity index (χ3n) is 6.17. The van der Waals surface area contributed by atoms with Gasteiger partial charge in [0.05, 0.1) is 11.9 Å². The Morgan fingerprint density at radius 2 is 2.07 bits per heavy atom. The summed E-state index contributed by atoms with van der Waals surface area (Å²) < 4.78 is 28.4. The number of amides is 2. The van der Waals surface area contributed by atoms with Gasteiger partial charge in [0, 0.05) is 17.3 Å². The predicted octanol–water partition coefficient (Wildman–Crippen LogP) is 4.65. The molecule has 1 aromatic carbocycles. The summed E-state index contributed by atoms with van der Waals surface area (Å²) in [6.45, 7) is 5.31. The third-order valence-corrected chi connectivity index (χ3v) is 7.43. The van der Waals surface area contributed by atoms with Crippen molar-refractivity contribution in [2.24, 2.45) is 5.92 Å². The second-order valence-electron chi connectivity index (χ2n) is 8.97. The van der Waals surface area contributed by atoms with E-state index in [0.717, 1.165) is 36.1 Å². The van der Waals surface area contributed by atoms with Crippen molar-refractivity contribution in [3.8, 4) is 0 Å². The van der Waals surface area contributed by atoms with E-state index in [4.69, 9.17) is 9.20 Å².